The third-order valence-corrected chi connectivity index (χ3v) is 2.62. The lowest BCUT2D eigenvalue weighted by Crippen LogP contribution is -2.15. The number of halogens is 4. The lowest BCUT2D eigenvalue weighted by Gasteiger charge is -2.15. The van der Waals surface area contributed by atoms with E-state index in [1.807, 2.05) is 0 Å². The molecular formula is C10H11BrF3NO. The molecular weight excluding hydrogens is 287 g/mol. The van der Waals surface area contributed by atoms with Gasteiger partial charge in [-0.15, -0.1) is 0 Å². The van der Waals surface area contributed by atoms with Gasteiger partial charge in [-0.05, 0) is 24.6 Å². The molecule has 0 unspecified atom stereocenters. The van der Waals surface area contributed by atoms with Gasteiger partial charge >= 0.3 is 6.18 Å². The van der Waals surface area contributed by atoms with Gasteiger partial charge in [0.05, 0.1) is 0 Å². The zero-order chi connectivity index (χ0) is 12.3. The van der Waals surface area contributed by atoms with Crippen LogP contribution in [0.1, 0.15) is 24.4 Å². The molecule has 0 aliphatic carbocycles. The van der Waals surface area contributed by atoms with E-state index in [-0.39, 0.29) is 12.2 Å². The lowest BCUT2D eigenvalue weighted by molar-refractivity contribution is -0.136. The SMILES string of the molecule is N[C@@H](CCC(F)(F)F)c1cc(Br)ccc1O. The van der Waals surface area contributed by atoms with Crippen molar-refractivity contribution in [1.82, 2.24) is 0 Å². The summed E-state index contributed by atoms with van der Waals surface area (Å²) in [5.74, 6) is -0.0853. The first-order valence-electron chi connectivity index (χ1n) is 4.60. The van der Waals surface area contributed by atoms with Gasteiger partial charge < -0.3 is 10.8 Å². The number of phenolic OH excluding ortho intramolecular Hbond substituents is 1. The number of hydrogen-bond donors (Lipinski definition) is 2. The maximum Gasteiger partial charge on any atom is 0.389 e. The van der Waals surface area contributed by atoms with Crippen molar-refractivity contribution in [2.45, 2.75) is 25.1 Å². The summed E-state index contributed by atoms with van der Waals surface area (Å²) in [6.07, 6.45) is -5.42. The van der Waals surface area contributed by atoms with Gasteiger partial charge in [0.15, 0.2) is 0 Å². The third-order valence-electron chi connectivity index (χ3n) is 2.13. The minimum absolute atomic E-state index is 0.0853. The van der Waals surface area contributed by atoms with Crippen molar-refractivity contribution in [2.24, 2.45) is 5.73 Å². The predicted octanol–water partition coefficient (Wildman–Crippen LogP) is 3.50. The number of phenols is 1. The van der Waals surface area contributed by atoms with Crippen LogP contribution in [0.4, 0.5) is 13.2 Å². The van der Waals surface area contributed by atoms with Gasteiger partial charge in [0.2, 0.25) is 0 Å². The summed E-state index contributed by atoms with van der Waals surface area (Å²) in [4.78, 5) is 0. The van der Waals surface area contributed by atoms with Crippen molar-refractivity contribution in [2.75, 3.05) is 0 Å². The van der Waals surface area contributed by atoms with Gasteiger partial charge in [0.1, 0.15) is 5.75 Å². The third kappa shape index (κ3) is 4.02. The summed E-state index contributed by atoms with van der Waals surface area (Å²) < 4.78 is 36.6. The van der Waals surface area contributed by atoms with Gasteiger partial charge in [-0.2, -0.15) is 13.2 Å². The fraction of sp³-hybridized carbons (Fsp3) is 0.400. The standard InChI is InChI=1S/C10H11BrF3NO/c11-6-1-2-9(16)7(5-6)8(15)3-4-10(12,13)14/h1-2,5,8,16H,3-4,15H2/t8-/m0/s1. The molecule has 0 aromatic heterocycles. The molecule has 90 valence electrons. The van der Waals surface area contributed by atoms with Gasteiger partial charge in [0.25, 0.3) is 0 Å². The van der Waals surface area contributed by atoms with E-state index in [2.05, 4.69) is 15.9 Å². The average Bonchev–Trinajstić information content (AvgIpc) is 2.17. The molecule has 0 saturated carbocycles. The minimum Gasteiger partial charge on any atom is -0.508 e. The topological polar surface area (TPSA) is 46.2 Å². The zero-order valence-corrected chi connectivity index (χ0v) is 9.85. The number of aromatic hydroxyl groups is 1. The van der Waals surface area contributed by atoms with Crippen LogP contribution in [0, 0.1) is 0 Å². The smallest absolute Gasteiger partial charge is 0.389 e. The summed E-state index contributed by atoms with van der Waals surface area (Å²) in [7, 11) is 0. The summed E-state index contributed by atoms with van der Waals surface area (Å²) in [5.41, 5.74) is 5.91. The van der Waals surface area contributed by atoms with Crippen LogP contribution in [-0.2, 0) is 0 Å². The number of benzene rings is 1. The predicted molar refractivity (Wildman–Crippen MR) is 58.0 cm³/mol. The largest absolute Gasteiger partial charge is 0.508 e. The Balaban J connectivity index is 2.73. The van der Waals surface area contributed by atoms with Gasteiger partial charge in [-0.1, -0.05) is 15.9 Å². The quantitative estimate of drug-likeness (QED) is 0.897. The molecule has 0 amide bonds. The van der Waals surface area contributed by atoms with Crippen LogP contribution >= 0.6 is 15.9 Å². The Morgan fingerprint density at radius 2 is 2.00 bits per heavy atom. The number of hydrogen-bond acceptors (Lipinski definition) is 2. The van der Waals surface area contributed by atoms with Gasteiger partial charge in [0, 0.05) is 22.5 Å². The fourth-order valence-corrected chi connectivity index (χ4v) is 1.68. The summed E-state index contributed by atoms with van der Waals surface area (Å²) >= 11 is 3.17. The van der Waals surface area contributed by atoms with Crippen LogP contribution in [0.2, 0.25) is 0 Å². The van der Waals surface area contributed by atoms with E-state index in [4.69, 9.17) is 5.73 Å². The van der Waals surface area contributed by atoms with Crippen LogP contribution < -0.4 is 5.73 Å². The van der Waals surface area contributed by atoms with Crippen LogP contribution in [0.3, 0.4) is 0 Å². The highest BCUT2D eigenvalue weighted by Gasteiger charge is 2.28. The fourth-order valence-electron chi connectivity index (χ4n) is 1.30. The first-order chi connectivity index (χ1) is 7.29. The van der Waals surface area contributed by atoms with Crippen LogP contribution in [0.25, 0.3) is 0 Å². The second-order valence-electron chi connectivity index (χ2n) is 3.46. The Morgan fingerprint density at radius 3 is 2.56 bits per heavy atom. The maximum atomic E-state index is 12.0. The highest BCUT2D eigenvalue weighted by atomic mass is 79.9. The molecule has 3 N–H and O–H groups in total. The molecule has 6 heteroatoms. The molecule has 0 spiro atoms. The number of alkyl halides is 3. The van der Waals surface area contributed by atoms with E-state index >= 15 is 0 Å². The Morgan fingerprint density at radius 1 is 1.38 bits per heavy atom. The molecule has 0 fully saturated rings. The van der Waals surface area contributed by atoms with Crippen molar-refractivity contribution in [3.63, 3.8) is 0 Å². The van der Waals surface area contributed by atoms with Crippen LogP contribution in [-0.4, -0.2) is 11.3 Å². The zero-order valence-electron chi connectivity index (χ0n) is 8.26. The molecule has 0 bridgehead atoms. The molecule has 0 saturated heterocycles. The van der Waals surface area contributed by atoms with E-state index in [9.17, 15) is 18.3 Å². The van der Waals surface area contributed by atoms with E-state index in [1.165, 1.54) is 12.1 Å². The maximum absolute atomic E-state index is 12.0. The molecule has 1 aromatic carbocycles. The normalized spacial score (nSPS) is 13.8. The Hall–Kier alpha value is -0.750. The Bertz CT molecular complexity index is 368. The van der Waals surface area contributed by atoms with Gasteiger partial charge in [-0.25, -0.2) is 0 Å². The van der Waals surface area contributed by atoms with Crippen molar-refractivity contribution in [1.29, 1.82) is 0 Å². The molecule has 1 atom stereocenters. The van der Waals surface area contributed by atoms with Crippen molar-refractivity contribution < 1.29 is 18.3 Å². The van der Waals surface area contributed by atoms with E-state index < -0.39 is 18.6 Å². The highest BCUT2D eigenvalue weighted by Crippen LogP contribution is 2.31. The lowest BCUT2D eigenvalue weighted by atomic mass is 10.0. The number of rotatable bonds is 3. The minimum atomic E-state index is -4.22. The average molecular weight is 298 g/mol. The molecule has 2 nitrogen and oxygen atoms in total. The van der Waals surface area contributed by atoms with E-state index in [0.29, 0.717) is 10.0 Å². The van der Waals surface area contributed by atoms with Crippen LogP contribution in [0.5, 0.6) is 5.75 Å². The van der Waals surface area contributed by atoms with E-state index in [1.54, 1.807) is 6.07 Å². The molecule has 0 aliphatic rings. The van der Waals surface area contributed by atoms with Crippen molar-refractivity contribution in [3.8, 4) is 5.75 Å². The van der Waals surface area contributed by atoms with Gasteiger partial charge in [-0.3, -0.25) is 0 Å². The molecule has 0 radical (unpaired) electrons. The van der Waals surface area contributed by atoms with Crippen LogP contribution in [0.15, 0.2) is 22.7 Å². The Labute approximate surface area is 99.4 Å². The van der Waals surface area contributed by atoms with Crippen molar-refractivity contribution in [3.05, 3.63) is 28.2 Å². The van der Waals surface area contributed by atoms with Crippen molar-refractivity contribution >= 4 is 15.9 Å². The van der Waals surface area contributed by atoms with E-state index in [0.717, 1.165) is 0 Å². The first kappa shape index (κ1) is 13.3. The summed E-state index contributed by atoms with van der Waals surface area (Å²) in [5, 5.41) is 9.45. The monoisotopic (exact) mass is 297 g/mol. The summed E-state index contributed by atoms with van der Waals surface area (Å²) in [6.45, 7) is 0. The number of nitrogens with two attached hydrogens (primary N) is 1. The molecule has 1 rings (SSSR count). The first-order valence-corrected chi connectivity index (χ1v) is 5.39. The highest BCUT2D eigenvalue weighted by molar-refractivity contribution is 9.10. The Kier molecular flexibility index (Phi) is 4.21. The molecule has 1 aromatic rings. The second kappa shape index (κ2) is 5.05. The molecule has 0 aliphatic heterocycles. The summed E-state index contributed by atoms with van der Waals surface area (Å²) in [6, 6.07) is 3.69. The second-order valence-corrected chi connectivity index (χ2v) is 4.38. The molecule has 0 heterocycles. The molecule has 16 heavy (non-hydrogen) atoms.